The minimum Gasteiger partial charge on any atom is -0.389 e. The first-order valence-electron chi connectivity index (χ1n) is 10.2. The van der Waals surface area contributed by atoms with Crippen molar-refractivity contribution in [3.63, 3.8) is 0 Å². The molecule has 1 atom stereocenters. The molecule has 150 valence electrons. The van der Waals surface area contributed by atoms with Crippen molar-refractivity contribution >= 4 is 28.1 Å². The minimum atomic E-state index is -0.819. The number of likely N-dealkylation sites (tertiary alicyclic amines) is 1. The van der Waals surface area contributed by atoms with Crippen LogP contribution in [0.3, 0.4) is 0 Å². The molecule has 1 saturated carbocycles. The maximum atomic E-state index is 13.0. The van der Waals surface area contributed by atoms with Crippen molar-refractivity contribution in [2.45, 2.75) is 69.9 Å². The zero-order chi connectivity index (χ0) is 19.6. The average Bonchev–Trinajstić information content (AvgIpc) is 3.33. The summed E-state index contributed by atoms with van der Waals surface area (Å²) in [5, 5.41) is 16.9. The fourth-order valence-electron chi connectivity index (χ4n) is 4.49. The van der Waals surface area contributed by atoms with Crippen LogP contribution in [0.5, 0.6) is 0 Å². The van der Waals surface area contributed by atoms with E-state index < -0.39 is 5.60 Å². The Bertz CT molecular complexity index is 818. The van der Waals surface area contributed by atoms with E-state index in [1.165, 1.54) is 0 Å². The van der Waals surface area contributed by atoms with Gasteiger partial charge >= 0.3 is 0 Å². The molecule has 3 heterocycles. The molecular weight excluding hydrogens is 372 g/mol. The highest BCUT2D eigenvalue weighted by Gasteiger charge is 2.37. The third-order valence-electron chi connectivity index (χ3n) is 5.84. The first-order chi connectivity index (χ1) is 13.5. The predicted octanol–water partition coefficient (Wildman–Crippen LogP) is 4.34. The number of aromatic nitrogens is 2. The number of aliphatic hydroxyl groups is 1. The molecule has 28 heavy (non-hydrogen) atoms. The van der Waals surface area contributed by atoms with Crippen LogP contribution in [0.2, 0.25) is 0 Å². The average molecular weight is 401 g/mol. The zero-order valence-corrected chi connectivity index (χ0v) is 17.2. The van der Waals surface area contributed by atoms with Gasteiger partial charge in [0, 0.05) is 29.5 Å². The van der Waals surface area contributed by atoms with Crippen molar-refractivity contribution in [3.8, 4) is 0 Å². The highest BCUT2D eigenvalue weighted by atomic mass is 32.1. The molecule has 6 nitrogen and oxygen atoms in total. The number of pyridine rings is 1. The molecule has 1 aliphatic carbocycles. The number of carbonyl (C=O) groups is 1. The molecule has 0 bridgehead atoms. The predicted molar refractivity (Wildman–Crippen MR) is 111 cm³/mol. The molecule has 1 amide bonds. The van der Waals surface area contributed by atoms with Crippen molar-refractivity contribution in [2.24, 2.45) is 0 Å². The van der Waals surface area contributed by atoms with Crippen molar-refractivity contribution in [1.82, 2.24) is 14.9 Å². The zero-order valence-electron chi connectivity index (χ0n) is 16.4. The molecule has 4 rings (SSSR count). The number of hydrogen-bond donors (Lipinski definition) is 2. The number of nitrogens with zero attached hydrogens (tertiary/aromatic N) is 3. The third kappa shape index (κ3) is 4.36. The summed E-state index contributed by atoms with van der Waals surface area (Å²) in [5.41, 5.74) is 1.96. The molecule has 1 saturated heterocycles. The number of amides is 1. The Morgan fingerprint density at radius 3 is 2.89 bits per heavy atom. The number of carbonyl (C=O) groups excluding carboxylic acids is 1. The van der Waals surface area contributed by atoms with Gasteiger partial charge in [0.25, 0.3) is 0 Å². The van der Waals surface area contributed by atoms with E-state index in [0.717, 1.165) is 73.7 Å². The summed E-state index contributed by atoms with van der Waals surface area (Å²) in [5.74, 6) is 0.0599. The normalized spacial score (nSPS) is 21.6. The molecule has 2 aliphatic rings. The smallest absolute Gasteiger partial charge is 0.226 e. The molecule has 0 unspecified atom stereocenters. The van der Waals surface area contributed by atoms with Crippen LogP contribution in [0.4, 0.5) is 10.8 Å². The van der Waals surface area contributed by atoms with E-state index in [9.17, 15) is 9.90 Å². The van der Waals surface area contributed by atoms with Crippen LogP contribution in [-0.2, 0) is 4.79 Å². The van der Waals surface area contributed by atoms with Crippen LogP contribution in [0.15, 0.2) is 23.7 Å². The molecule has 0 aromatic carbocycles. The van der Waals surface area contributed by atoms with Gasteiger partial charge in [-0.1, -0.05) is 19.3 Å². The topological polar surface area (TPSA) is 78.4 Å². The van der Waals surface area contributed by atoms with Crippen LogP contribution in [0.25, 0.3) is 0 Å². The second-order valence-electron chi connectivity index (χ2n) is 8.09. The maximum absolute atomic E-state index is 13.0. The first-order valence-corrected chi connectivity index (χ1v) is 11.1. The van der Waals surface area contributed by atoms with Gasteiger partial charge in [-0.05, 0) is 44.7 Å². The van der Waals surface area contributed by atoms with Crippen molar-refractivity contribution in [3.05, 3.63) is 35.1 Å². The molecule has 2 fully saturated rings. The van der Waals surface area contributed by atoms with E-state index in [4.69, 9.17) is 4.98 Å². The second kappa shape index (κ2) is 8.17. The Morgan fingerprint density at radius 1 is 1.32 bits per heavy atom. The summed E-state index contributed by atoms with van der Waals surface area (Å²) < 4.78 is 0. The van der Waals surface area contributed by atoms with Gasteiger partial charge in [-0.2, -0.15) is 0 Å². The standard InChI is InChI=1S/C21H28N4O2S/c1-15-12-16(24-20-22-9-11-28-20)13-17(23-15)18-6-5-10-25(18)19(26)14-21(27)7-3-2-4-8-21/h9,11-13,18,27H,2-8,10,14H2,1H3,(H,22,23,24)/t18-/m1/s1. The number of anilines is 2. The molecule has 2 aromatic heterocycles. The number of aryl methyl sites for hydroxylation is 1. The molecule has 1 aliphatic heterocycles. The van der Waals surface area contributed by atoms with Crippen LogP contribution in [-0.4, -0.2) is 38.0 Å². The second-order valence-corrected chi connectivity index (χ2v) is 8.99. The lowest BCUT2D eigenvalue weighted by molar-refractivity contribution is -0.138. The number of hydrogen-bond acceptors (Lipinski definition) is 6. The molecule has 2 aromatic rings. The van der Waals surface area contributed by atoms with E-state index >= 15 is 0 Å². The minimum absolute atomic E-state index is 0.0172. The SMILES string of the molecule is Cc1cc(Nc2nccs2)cc([C@H]2CCCN2C(=O)CC2(O)CCCCC2)n1. The van der Waals surface area contributed by atoms with Gasteiger partial charge in [0.2, 0.25) is 5.91 Å². The lowest BCUT2D eigenvalue weighted by Crippen LogP contribution is -2.40. The van der Waals surface area contributed by atoms with Crippen molar-refractivity contribution < 1.29 is 9.90 Å². The van der Waals surface area contributed by atoms with Crippen molar-refractivity contribution in [1.29, 1.82) is 0 Å². The summed E-state index contributed by atoms with van der Waals surface area (Å²) in [6.07, 6.45) is 8.55. The Labute approximate surface area is 170 Å². The van der Waals surface area contributed by atoms with Gasteiger partial charge in [0.15, 0.2) is 5.13 Å². The summed E-state index contributed by atoms with van der Waals surface area (Å²) >= 11 is 1.55. The summed E-state index contributed by atoms with van der Waals surface area (Å²) in [7, 11) is 0. The van der Waals surface area contributed by atoms with Gasteiger partial charge in [-0.3, -0.25) is 9.78 Å². The quantitative estimate of drug-likeness (QED) is 0.781. The Hall–Kier alpha value is -1.99. The van der Waals surface area contributed by atoms with E-state index in [0.29, 0.717) is 0 Å². The number of nitrogens with one attached hydrogen (secondary N) is 1. The van der Waals surface area contributed by atoms with E-state index in [2.05, 4.69) is 10.3 Å². The lowest BCUT2D eigenvalue weighted by atomic mass is 9.82. The largest absolute Gasteiger partial charge is 0.389 e. The number of thiazole rings is 1. The fourth-order valence-corrected chi connectivity index (χ4v) is 5.04. The summed E-state index contributed by atoms with van der Waals surface area (Å²) in [4.78, 5) is 24.0. The van der Waals surface area contributed by atoms with Gasteiger partial charge in [-0.25, -0.2) is 4.98 Å². The van der Waals surface area contributed by atoms with Crippen LogP contribution < -0.4 is 5.32 Å². The highest BCUT2D eigenvalue weighted by Crippen LogP contribution is 2.36. The van der Waals surface area contributed by atoms with Crippen molar-refractivity contribution in [2.75, 3.05) is 11.9 Å². The van der Waals surface area contributed by atoms with Crippen LogP contribution in [0.1, 0.15) is 68.8 Å². The van der Waals surface area contributed by atoms with Gasteiger partial charge < -0.3 is 15.3 Å². The number of rotatable bonds is 5. The highest BCUT2D eigenvalue weighted by molar-refractivity contribution is 7.13. The fraction of sp³-hybridized carbons (Fsp3) is 0.571. The lowest BCUT2D eigenvalue weighted by Gasteiger charge is -2.34. The van der Waals surface area contributed by atoms with Gasteiger partial charge in [0.1, 0.15) is 0 Å². The summed E-state index contributed by atoms with van der Waals surface area (Å²) in [6, 6.07) is 4.01. The molecule has 0 spiro atoms. The van der Waals surface area contributed by atoms with Gasteiger partial charge in [0.05, 0.1) is 23.8 Å². The van der Waals surface area contributed by atoms with E-state index in [-0.39, 0.29) is 18.4 Å². The van der Waals surface area contributed by atoms with Crippen LogP contribution in [0, 0.1) is 6.92 Å². The Morgan fingerprint density at radius 2 is 2.14 bits per heavy atom. The molecule has 2 N–H and O–H groups in total. The first kappa shape index (κ1) is 19.3. The maximum Gasteiger partial charge on any atom is 0.226 e. The third-order valence-corrected chi connectivity index (χ3v) is 6.52. The molecule has 0 radical (unpaired) electrons. The summed E-state index contributed by atoms with van der Waals surface area (Å²) in [6.45, 7) is 2.72. The Balaban J connectivity index is 1.51. The molecular formula is C21H28N4O2S. The monoisotopic (exact) mass is 400 g/mol. The van der Waals surface area contributed by atoms with Crippen LogP contribution >= 0.6 is 11.3 Å². The molecule has 7 heteroatoms. The van der Waals surface area contributed by atoms with Gasteiger partial charge in [-0.15, -0.1) is 11.3 Å². The Kier molecular flexibility index (Phi) is 5.64. The van der Waals surface area contributed by atoms with E-state index in [1.807, 2.05) is 29.3 Å². The van der Waals surface area contributed by atoms with E-state index in [1.54, 1.807) is 17.5 Å².